The van der Waals surface area contributed by atoms with Crippen molar-refractivity contribution in [2.75, 3.05) is 13.1 Å². The van der Waals surface area contributed by atoms with Crippen LogP contribution in [0.25, 0.3) is 0 Å². The van der Waals surface area contributed by atoms with Crippen LogP contribution in [0.15, 0.2) is 0 Å². The molecule has 0 radical (unpaired) electrons. The summed E-state index contributed by atoms with van der Waals surface area (Å²) < 4.78 is 0. The number of carboxylic acid groups (broad SMARTS) is 1. The normalized spacial score (nSPS) is 30.7. The molecule has 1 aliphatic carbocycles. The molecule has 0 bridgehead atoms. The Morgan fingerprint density at radius 2 is 2.00 bits per heavy atom. The van der Waals surface area contributed by atoms with E-state index >= 15 is 0 Å². The number of likely N-dealkylation sites (tertiary alicyclic amines) is 1. The second-order valence-electron chi connectivity index (χ2n) is 5.11. The summed E-state index contributed by atoms with van der Waals surface area (Å²) in [6.07, 6.45) is 2.17. The highest BCUT2D eigenvalue weighted by molar-refractivity contribution is 5.89. The van der Waals surface area contributed by atoms with Crippen molar-refractivity contribution in [3.8, 4) is 0 Å². The minimum absolute atomic E-state index is 0.00206. The number of carboxylic acids is 1. The first-order chi connectivity index (χ1) is 8.49. The van der Waals surface area contributed by atoms with Gasteiger partial charge in [-0.15, -0.1) is 0 Å². The maximum absolute atomic E-state index is 12.1. The van der Waals surface area contributed by atoms with E-state index in [0.29, 0.717) is 19.5 Å². The van der Waals surface area contributed by atoms with Crippen molar-refractivity contribution >= 4 is 17.8 Å². The van der Waals surface area contributed by atoms with Crippen LogP contribution in [0.5, 0.6) is 0 Å². The lowest BCUT2D eigenvalue weighted by Gasteiger charge is -2.33. The van der Waals surface area contributed by atoms with Gasteiger partial charge >= 0.3 is 5.97 Å². The van der Waals surface area contributed by atoms with Crippen LogP contribution in [0, 0.1) is 11.8 Å². The fourth-order valence-electron chi connectivity index (χ4n) is 2.56. The van der Waals surface area contributed by atoms with E-state index in [2.05, 4.69) is 5.32 Å². The minimum atomic E-state index is -0.885. The van der Waals surface area contributed by atoms with Crippen molar-refractivity contribution < 1.29 is 19.5 Å². The number of hydrogen-bond acceptors (Lipinski definition) is 3. The first-order valence-electron chi connectivity index (χ1n) is 6.27. The molecule has 3 atom stereocenters. The Hall–Kier alpha value is -1.59. The van der Waals surface area contributed by atoms with Gasteiger partial charge < -0.3 is 15.3 Å². The quantitative estimate of drug-likeness (QED) is 0.732. The molecule has 2 N–H and O–H groups in total. The smallest absolute Gasteiger partial charge is 0.307 e. The topological polar surface area (TPSA) is 86.7 Å². The zero-order valence-electron chi connectivity index (χ0n) is 10.4. The van der Waals surface area contributed by atoms with Crippen LogP contribution >= 0.6 is 0 Å². The van der Waals surface area contributed by atoms with E-state index in [1.54, 1.807) is 4.90 Å². The summed E-state index contributed by atoms with van der Waals surface area (Å²) in [4.78, 5) is 35.5. The fourth-order valence-corrected chi connectivity index (χ4v) is 2.56. The maximum atomic E-state index is 12.1. The summed E-state index contributed by atoms with van der Waals surface area (Å²) in [7, 11) is 0. The number of rotatable bonds is 3. The zero-order chi connectivity index (χ0) is 13.3. The van der Waals surface area contributed by atoms with Gasteiger partial charge in [-0.05, 0) is 19.3 Å². The van der Waals surface area contributed by atoms with Gasteiger partial charge in [-0.25, -0.2) is 0 Å². The van der Waals surface area contributed by atoms with E-state index in [-0.39, 0.29) is 23.8 Å². The van der Waals surface area contributed by atoms with Gasteiger partial charge in [0.25, 0.3) is 0 Å². The van der Waals surface area contributed by atoms with Crippen LogP contribution in [0.4, 0.5) is 0 Å². The Morgan fingerprint density at radius 3 is 2.56 bits per heavy atom. The number of amides is 2. The lowest BCUT2D eigenvalue weighted by Crippen LogP contribution is -2.49. The maximum Gasteiger partial charge on any atom is 0.307 e. The summed E-state index contributed by atoms with van der Waals surface area (Å²) in [6.45, 7) is 2.63. The molecule has 2 fully saturated rings. The van der Waals surface area contributed by atoms with Crippen molar-refractivity contribution in [1.82, 2.24) is 10.2 Å². The predicted octanol–water partition coefficient (Wildman–Crippen LogP) is -0.166. The van der Waals surface area contributed by atoms with Gasteiger partial charge in [-0.1, -0.05) is 0 Å². The van der Waals surface area contributed by atoms with E-state index < -0.39 is 11.9 Å². The number of carbonyl (C=O) groups is 3. The Labute approximate surface area is 105 Å². The number of carbonyl (C=O) groups excluding carboxylic acids is 2. The monoisotopic (exact) mass is 254 g/mol. The van der Waals surface area contributed by atoms with Crippen LogP contribution in [-0.2, 0) is 14.4 Å². The molecule has 18 heavy (non-hydrogen) atoms. The molecule has 0 spiro atoms. The van der Waals surface area contributed by atoms with Crippen molar-refractivity contribution in [1.29, 1.82) is 0 Å². The van der Waals surface area contributed by atoms with E-state index in [4.69, 9.17) is 5.11 Å². The molecule has 1 heterocycles. The molecule has 1 aliphatic heterocycles. The van der Waals surface area contributed by atoms with E-state index in [9.17, 15) is 14.4 Å². The van der Waals surface area contributed by atoms with Crippen molar-refractivity contribution in [3.63, 3.8) is 0 Å². The van der Waals surface area contributed by atoms with Crippen LogP contribution in [-0.4, -0.2) is 46.9 Å². The number of nitrogens with one attached hydrogen (secondary N) is 1. The van der Waals surface area contributed by atoms with Gasteiger partial charge in [-0.2, -0.15) is 0 Å². The fraction of sp³-hybridized carbons (Fsp3) is 0.750. The summed E-state index contributed by atoms with van der Waals surface area (Å²) in [5.41, 5.74) is 0. The molecule has 2 amide bonds. The molecular weight excluding hydrogens is 236 g/mol. The predicted molar refractivity (Wildman–Crippen MR) is 62.7 cm³/mol. The van der Waals surface area contributed by atoms with Gasteiger partial charge in [-0.3, -0.25) is 14.4 Å². The van der Waals surface area contributed by atoms with E-state index in [1.165, 1.54) is 6.92 Å². The first kappa shape index (κ1) is 12.9. The molecule has 1 saturated heterocycles. The molecular formula is C12H18N2O4. The molecule has 0 aromatic rings. The average molecular weight is 254 g/mol. The van der Waals surface area contributed by atoms with Crippen LogP contribution in [0.1, 0.15) is 26.2 Å². The Balaban J connectivity index is 1.87. The Kier molecular flexibility index (Phi) is 3.54. The standard InChI is InChI=1S/C12H18N2O4/c1-7(15)13-8-3-2-4-14(6-8)11(16)9-5-10(9)12(17)18/h8-10H,2-6H2,1H3,(H,13,15)(H,17,18)/t8-,9+,10-/m1/s1. The second-order valence-corrected chi connectivity index (χ2v) is 5.11. The lowest BCUT2D eigenvalue weighted by atomic mass is 10.0. The number of nitrogens with zero attached hydrogens (tertiary/aromatic N) is 1. The third kappa shape index (κ3) is 2.80. The number of piperidine rings is 1. The molecule has 2 rings (SSSR count). The molecule has 6 heteroatoms. The van der Waals surface area contributed by atoms with Crippen LogP contribution in [0.3, 0.4) is 0 Å². The first-order valence-corrected chi connectivity index (χ1v) is 6.27. The summed E-state index contributed by atoms with van der Waals surface area (Å²) in [5, 5.41) is 11.6. The molecule has 1 saturated carbocycles. The summed E-state index contributed by atoms with van der Waals surface area (Å²) in [5.74, 6) is -1.90. The highest BCUT2D eigenvalue weighted by atomic mass is 16.4. The zero-order valence-corrected chi connectivity index (χ0v) is 10.4. The second kappa shape index (κ2) is 4.96. The highest BCUT2D eigenvalue weighted by Gasteiger charge is 2.50. The van der Waals surface area contributed by atoms with Crippen LogP contribution < -0.4 is 5.32 Å². The average Bonchev–Trinajstić information content (AvgIpc) is 3.07. The van der Waals surface area contributed by atoms with Crippen molar-refractivity contribution in [2.24, 2.45) is 11.8 Å². The number of aliphatic carboxylic acids is 1. The number of hydrogen-bond donors (Lipinski definition) is 2. The third-order valence-corrected chi connectivity index (χ3v) is 3.57. The largest absolute Gasteiger partial charge is 0.481 e. The van der Waals surface area contributed by atoms with E-state index in [0.717, 1.165) is 12.8 Å². The molecule has 0 aromatic heterocycles. The van der Waals surface area contributed by atoms with Crippen LogP contribution in [0.2, 0.25) is 0 Å². The molecule has 0 aromatic carbocycles. The van der Waals surface area contributed by atoms with Gasteiger partial charge in [0.2, 0.25) is 11.8 Å². The lowest BCUT2D eigenvalue weighted by molar-refractivity contribution is -0.142. The SMILES string of the molecule is CC(=O)N[C@@H]1CCCN(C(=O)[C@H]2C[C@H]2C(=O)O)C1. The minimum Gasteiger partial charge on any atom is -0.481 e. The van der Waals surface area contributed by atoms with Crippen molar-refractivity contribution in [2.45, 2.75) is 32.2 Å². The molecule has 2 aliphatic rings. The summed E-state index contributed by atoms with van der Waals surface area (Å²) >= 11 is 0. The molecule has 100 valence electrons. The molecule has 0 unspecified atom stereocenters. The highest BCUT2D eigenvalue weighted by Crippen LogP contribution is 2.40. The van der Waals surface area contributed by atoms with Gasteiger partial charge in [0, 0.05) is 26.1 Å². The van der Waals surface area contributed by atoms with Gasteiger partial charge in [0.1, 0.15) is 0 Å². The third-order valence-electron chi connectivity index (χ3n) is 3.57. The summed E-state index contributed by atoms with van der Waals surface area (Å²) in [6, 6.07) is 0.00206. The Morgan fingerprint density at radius 1 is 1.28 bits per heavy atom. The van der Waals surface area contributed by atoms with Gasteiger partial charge in [0.15, 0.2) is 0 Å². The van der Waals surface area contributed by atoms with E-state index in [1.807, 2.05) is 0 Å². The van der Waals surface area contributed by atoms with Crippen molar-refractivity contribution in [3.05, 3.63) is 0 Å². The molecule has 6 nitrogen and oxygen atoms in total. The van der Waals surface area contributed by atoms with Gasteiger partial charge in [0.05, 0.1) is 11.8 Å². The Bertz CT molecular complexity index is 382.